The van der Waals surface area contributed by atoms with Gasteiger partial charge < -0.3 is 53.8 Å². The van der Waals surface area contributed by atoms with Crippen LogP contribution in [0.1, 0.15) is 111 Å². The number of ketones is 1. The highest BCUT2D eigenvalue weighted by molar-refractivity contribution is 5.96. The van der Waals surface area contributed by atoms with Gasteiger partial charge in [-0.1, -0.05) is 32.4 Å². The molecule has 1 aromatic carbocycles. The number of para-hydroxylation sites is 1. The molecule has 0 aromatic heterocycles. The molecular weight excluding hydrogens is 798 g/mol. The lowest BCUT2D eigenvalue weighted by Crippen LogP contribution is -2.82. The number of aliphatic hydroxyl groups excluding tert-OH is 2. The van der Waals surface area contributed by atoms with Gasteiger partial charge >= 0.3 is 30.0 Å². The lowest BCUT2D eigenvalue weighted by Gasteiger charge is -2.67. The van der Waals surface area contributed by atoms with Gasteiger partial charge in [0.05, 0.1) is 36.7 Å². The molecule has 11 unspecified atom stereocenters. The number of hydrogen-bond donors (Lipinski definition) is 4. The van der Waals surface area contributed by atoms with Crippen LogP contribution in [0.25, 0.3) is 0 Å². The highest BCUT2D eigenvalue weighted by Crippen LogP contribution is 2.64. The normalized spacial score (nSPS) is 36.6. The third-order valence-corrected chi connectivity index (χ3v) is 13.3. The Morgan fingerprint density at radius 2 is 1.64 bits per heavy atom. The quantitative estimate of drug-likeness (QED) is 0.194. The zero-order valence-corrected chi connectivity index (χ0v) is 36.2. The van der Waals surface area contributed by atoms with E-state index >= 15 is 4.79 Å². The summed E-state index contributed by atoms with van der Waals surface area (Å²) in [7, 11) is 0. The van der Waals surface area contributed by atoms with Gasteiger partial charge in [0.2, 0.25) is 0 Å². The Labute approximate surface area is 354 Å². The van der Waals surface area contributed by atoms with Gasteiger partial charge in [-0.15, -0.1) is 0 Å². The van der Waals surface area contributed by atoms with E-state index in [-0.39, 0.29) is 48.5 Å². The van der Waals surface area contributed by atoms with Gasteiger partial charge in [0.1, 0.15) is 40.8 Å². The zero-order chi connectivity index (χ0) is 45.0. The van der Waals surface area contributed by atoms with Crippen LogP contribution in [0.5, 0.6) is 5.75 Å². The highest BCUT2D eigenvalue weighted by atomic mass is 16.6. The van der Waals surface area contributed by atoms with E-state index in [0.717, 1.165) is 13.8 Å². The molecule has 3 aliphatic carbocycles. The summed E-state index contributed by atoms with van der Waals surface area (Å²) in [5, 5.41) is 40.0. The number of nitrogens with one attached hydrogen (secondary N) is 1. The topological polar surface area (TPSA) is 240 Å². The summed E-state index contributed by atoms with van der Waals surface area (Å²) in [6, 6.07) is 5.09. The average molecular weight is 858 g/mol. The van der Waals surface area contributed by atoms with Crippen molar-refractivity contribution in [1.29, 1.82) is 0 Å². The number of aliphatic hydroxyl groups is 3. The summed E-state index contributed by atoms with van der Waals surface area (Å²) >= 11 is 0. The van der Waals surface area contributed by atoms with Gasteiger partial charge in [0, 0.05) is 32.1 Å². The predicted octanol–water partition coefficient (Wildman–Crippen LogP) is 3.41. The number of carbonyl (C=O) groups is 6. The second-order valence-corrected chi connectivity index (χ2v) is 18.7. The maximum absolute atomic E-state index is 15.5. The van der Waals surface area contributed by atoms with Crippen molar-refractivity contribution < 1.29 is 77.2 Å². The van der Waals surface area contributed by atoms with Crippen molar-refractivity contribution in [3.63, 3.8) is 0 Å². The molecule has 2 saturated carbocycles. The number of esters is 4. The zero-order valence-electron chi connectivity index (χ0n) is 36.2. The summed E-state index contributed by atoms with van der Waals surface area (Å²) in [5.74, 6) is -6.15. The molecule has 11 atom stereocenters. The Kier molecular flexibility index (Phi) is 12.5. The largest absolute Gasteiger partial charge is 0.493 e. The number of amides is 1. The van der Waals surface area contributed by atoms with Gasteiger partial charge in [-0.05, 0) is 77.2 Å². The number of alkyl carbamates (subject to hydrolysis) is 1. The molecule has 0 radical (unpaired) electrons. The van der Waals surface area contributed by atoms with E-state index < -0.39 is 118 Å². The third kappa shape index (κ3) is 8.14. The van der Waals surface area contributed by atoms with Gasteiger partial charge in [0.15, 0.2) is 23.6 Å². The first kappa shape index (κ1) is 45.9. The maximum Gasteiger partial charge on any atom is 0.407 e. The van der Waals surface area contributed by atoms with Crippen LogP contribution < -0.4 is 10.1 Å². The fourth-order valence-corrected chi connectivity index (χ4v) is 10.2. The minimum Gasteiger partial charge on any atom is -0.493 e. The van der Waals surface area contributed by atoms with E-state index in [4.69, 9.17) is 33.2 Å². The van der Waals surface area contributed by atoms with Crippen molar-refractivity contribution in [2.24, 2.45) is 16.7 Å². The fourth-order valence-electron chi connectivity index (χ4n) is 10.2. The Morgan fingerprint density at radius 3 is 2.26 bits per heavy atom. The van der Waals surface area contributed by atoms with Gasteiger partial charge in [-0.2, -0.15) is 0 Å². The predicted molar refractivity (Wildman–Crippen MR) is 212 cm³/mol. The molecular formula is C44H59NO16. The Balaban J connectivity index is 1.60. The van der Waals surface area contributed by atoms with Crippen molar-refractivity contribution >= 4 is 35.8 Å². The molecule has 61 heavy (non-hydrogen) atoms. The van der Waals surface area contributed by atoms with E-state index in [0.29, 0.717) is 19.3 Å². The van der Waals surface area contributed by atoms with E-state index in [1.54, 1.807) is 52.8 Å². The van der Waals surface area contributed by atoms with Gasteiger partial charge in [-0.25, -0.2) is 14.4 Å². The molecule has 3 fully saturated rings. The molecule has 2 heterocycles. The molecule has 2 aliphatic heterocycles. The van der Waals surface area contributed by atoms with Crippen molar-refractivity contribution in [3.8, 4) is 5.75 Å². The minimum absolute atomic E-state index is 0.00301. The lowest BCUT2D eigenvalue weighted by molar-refractivity contribution is -0.346. The number of Topliss-reactive ketones (excluding diaryl/α,β-unsaturated/α-hetero) is 1. The molecule has 336 valence electrons. The van der Waals surface area contributed by atoms with Crippen LogP contribution in [-0.4, -0.2) is 124 Å². The maximum atomic E-state index is 15.5. The standard InChI is InChI=1S/C44H59NO16/c1-22-28-20-44(54)36(34-42(9,29(48)19-30-43(34,21-56-30)60-24(3)47)35(50)33(57-23(2)46)31(22)41(44,7)8)59-37(51)25-15-12-13-17-27(25)55-18-14-10-11-16-26(32(49)38(52)58-28)45-39(53)61-40(4,5)6/h12-13,15,17,26,28-30,32-34,36,48-49,54H,10-11,14,16,18-21H2,1-9H3,(H,45,53). The Hall–Kier alpha value is -4.58. The minimum atomic E-state index is -2.40. The smallest absolute Gasteiger partial charge is 0.407 e. The van der Waals surface area contributed by atoms with Crippen molar-refractivity contribution in [2.45, 2.75) is 160 Å². The molecule has 6 rings (SSSR count). The number of benzene rings is 1. The summed E-state index contributed by atoms with van der Waals surface area (Å²) in [4.78, 5) is 83.3. The second kappa shape index (κ2) is 16.6. The molecule has 1 amide bonds. The van der Waals surface area contributed by atoms with Gasteiger partial charge in [0.25, 0.3) is 0 Å². The number of rotatable bonds is 3. The van der Waals surface area contributed by atoms with Gasteiger partial charge in [-0.3, -0.25) is 14.4 Å². The average Bonchev–Trinajstić information content (AvgIpc) is 3.15. The first-order chi connectivity index (χ1) is 28.4. The third-order valence-electron chi connectivity index (χ3n) is 13.3. The van der Waals surface area contributed by atoms with Crippen LogP contribution >= 0.6 is 0 Å². The summed E-state index contributed by atoms with van der Waals surface area (Å²) in [6.07, 6.45) is -9.86. The summed E-state index contributed by atoms with van der Waals surface area (Å²) in [6.45, 7) is 13.1. The monoisotopic (exact) mass is 857 g/mol. The van der Waals surface area contributed by atoms with Crippen LogP contribution in [0, 0.1) is 16.7 Å². The Bertz CT molecular complexity index is 1970. The number of carbonyl (C=O) groups excluding carboxylic acids is 6. The molecule has 1 aromatic rings. The Morgan fingerprint density at radius 1 is 0.951 bits per heavy atom. The molecule has 4 N–H and O–H groups in total. The summed E-state index contributed by atoms with van der Waals surface area (Å²) in [5.41, 5.74) is -8.69. The SMILES string of the molecule is CC(=O)OC1C(=O)C2(C)C(O)CC3OCC3(OC(C)=O)C2C2OC(=O)c3ccccc3OCCCCCC(NC(=O)OC(C)(C)C)C(O)C(=O)OC3CC2(O)C(C)(C)C1=C3C. The van der Waals surface area contributed by atoms with Crippen molar-refractivity contribution in [3.05, 3.63) is 41.0 Å². The van der Waals surface area contributed by atoms with E-state index in [1.165, 1.54) is 19.9 Å². The lowest BCUT2D eigenvalue weighted by atomic mass is 9.44. The number of ether oxygens (including phenoxy) is 7. The summed E-state index contributed by atoms with van der Waals surface area (Å²) < 4.78 is 41.9. The van der Waals surface area contributed by atoms with Crippen LogP contribution in [-0.2, 0) is 47.6 Å². The molecule has 5 aliphatic rings. The van der Waals surface area contributed by atoms with E-state index in [2.05, 4.69) is 5.32 Å². The van der Waals surface area contributed by atoms with Crippen molar-refractivity contribution in [1.82, 2.24) is 5.32 Å². The number of fused-ring (bicyclic) bond motifs is 7. The highest BCUT2D eigenvalue weighted by Gasteiger charge is 2.78. The fraction of sp³-hybridized carbons (Fsp3) is 0.682. The van der Waals surface area contributed by atoms with Crippen LogP contribution in [0.4, 0.5) is 4.79 Å². The molecule has 17 nitrogen and oxygen atoms in total. The van der Waals surface area contributed by atoms with Crippen LogP contribution in [0.3, 0.4) is 0 Å². The molecule has 1 saturated heterocycles. The number of hydrogen-bond acceptors (Lipinski definition) is 16. The first-order valence-corrected chi connectivity index (χ1v) is 20.8. The second-order valence-electron chi connectivity index (χ2n) is 18.7. The van der Waals surface area contributed by atoms with Crippen LogP contribution in [0.15, 0.2) is 35.4 Å². The first-order valence-electron chi connectivity index (χ1n) is 20.8. The molecule has 3 bridgehead atoms. The van der Waals surface area contributed by atoms with Crippen molar-refractivity contribution in [2.75, 3.05) is 13.2 Å². The molecule has 17 heteroatoms. The van der Waals surface area contributed by atoms with Crippen LogP contribution in [0.2, 0.25) is 0 Å². The van der Waals surface area contributed by atoms with E-state index in [1.807, 2.05) is 0 Å². The molecule has 0 spiro atoms. The van der Waals surface area contributed by atoms with E-state index in [9.17, 15) is 39.3 Å².